The molecular weight excluding hydrogens is 325 g/mol. The number of nitrogens with zero attached hydrogens (tertiary/aromatic N) is 1. The Morgan fingerprint density at radius 2 is 1.73 bits per heavy atom. The van der Waals surface area contributed by atoms with Gasteiger partial charge in [-0.2, -0.15) is 5.26 Å². The van der Waals surface area contributed by atoms with Crippen LogP contribution in [0.3, 0.4) is 0 Å². The molecule has 26 heavy (non-hydrogen) atoms. The van der Waals surface area contributed by atoms with Gasteiger partial charge in [0.25, 0.3) is 0 Å². The first-order valence-electron chi connectivity index (χ1n) is 8.75. The van der Waals surface area contributed by atoms with E-state index in [1.807, 2.05) is 42.5 Å². The molecule has 0 radical (unpaired) electrons. The number of benzene rings is 3. The van der Waals surface area contributed by atoms with Gasteiger partial charge in [0.2, 0.25) is 0 Å². The van der Waals surface area contributed by atoms with Crippen LogP contribution in [0.5, 0.6) is 5.75 Å². The van der Waals surface area contributed by atoms with E-state index in [1.165, 1.54) is 6.07 Å². The fourth-order valence-corrected chi connectivity index (χ4v) is 2.89. The number of hydrogen-bond donors (Lipinski definition) is 0. The molecule has 0 saturated carbocycles. The van der Waals surface area contributed by atoms with Gasteiger partial charge < -0.3 is 4.74 Å². The van der Waals surface area contributed by atoms with Crippen molar-refractivity contribution < 1.29 is 9.13 Å². The summed E-state index contributed by atoms with van der Waals surface area (Å²) in [6, 6.07) is 21.9. The van der Waals surface area contributed by atoms with Gasteiger partial charge in [-0.15, -0.1) is 0 Å². The largest absolute Gasteiger partial charge is 0.494 e. The van der Waals surface area contributed by atoms with Crippen LogP contribution < -0.4 is 4.74 Å². The van der Waals surface area contributed by atoms with Crippen molar-refractivity contribution in [2.75, 3.05) is 6.61 Å². The summed E-state index contributed by atoms with van der Waals surface area (Å²) in [6.07, 6.45) is 2.04. The van der Waals surface area contributed by atoms with E-state index in [0.29, 0.717) is 17.7 Å². The van der Waals surface area contributed by atoms with E-state index in [4.69, 9.17) is 10.00 Å². The number of nitriles is 1. The third-order valence-electron chi connectivity index (χ3n) is 4.21. The van der Waals surface area contributed by atoms with Crippen LogP contribution in [-0.4, -0.2) is 6.61 Å². The molecule has 0 saturated heterocycles. The molecular formula is C23H20FNO. The standard InChI is InChI=1S/C23H20FNO/c1-2-3-13-26-20-10-5-9-19(15-20)23-21(11-6-12-22(23)24)18-8-4-7-17(14-18)16-25/h4-12,14-15H,2-3,13H2,1H3. The second-order valence-electron chi connectivity index (χ2n) is 6.08. The summed E-state index contributed by atoms with van der Waals surface area (Å²) in [5, 5.41) is 9.15. The van der Waals surface area contributed by atoms with Crippen molar-refractivity contribution >= 4 is 0 Å². The molecule has 3 heteroatoms. The maximum absolute atomic E-state index is 14.7. The van der Waals surface area contributed by atoms with E-state index in [9.17, 15) is 4.39 Å². The molecule has 0 bridgehead atoms. The van der Waals surface area contributed by atoms with Gasteiger partial charge in [0.05, 0.1) is 18.2 Å². The Morgan fingerprint density at radius 3 is 2.54 bits per heavy atom. The lowest BCUT2D eigenvalue weighted by atomic mass is 9.93. The van der Waals surface area contributed by atoms with Crippen LogP contribution in [0.2, 0.25) is 0 Å². The van der Waals surface area contributed by atoms with Crippen LogP contribution >= 0.6 is 0 Å². The average molecular weight is 345 g/mol. The topological polar surface area (TPSA) is 33.0 Å². The first-order chi connectivity index (χ1) is 12.7. The molecule has 0 N–H and O–H groups in total. The van der Waals surface area contributed by atoms with Gasteiger partial charge in [0, 0.05) is 5.56 Å². The predicted octanol–water partition coefficient (Wildman–Crippen LogP) is 6.21. The minimum absolute atomic E-state index is 0.296. The summed E-state index contributed by atoms with van der Waals surface area (Å²) < 4.78 is 20.5. The van der Waals surface area contributed by atoms with Crippen molar-refractivity contribution in [3.05, 3.63) is 78.1 Å². The molecule has 3 aromatic carbocycles. The Morgan fingerprint density at radius 1 is 0.962 bits per heavy atom. The Labute approximate surface area is 153 Å². The molecule has 0 amide bonds. The summed E-state index contributed by atoms with van der Waals surface area (Å²) in [4.78, 5) is 0. The van der Waals surface area contributed by atoms with Crippen molar-refractivity contribution in [1.29, 1.82) is 5.26 Å². The number of unbranched alkanes of at least 4 members (excludes halogenated alkanes) is 1. The van der Waals surface area contributed by atoms with Gasteiger partial charge in [-0.05, 0) is 53.4 Å². The Bertz CT molecular complexity index is 943. The lowest BCUT2D eigenvalue weighted by Crippen LogP contribution is -1.97. The maximum Gasteiger partial charge on any atom is 0.131 e. The molecule has 0 aliphatic rings. The van der Waals surface area contributed by atoms with E-state index in [0.717, 1.165) is 35.3 Å². The SMILES string of the molecule is CCCCOc1cccc(-c2c(F)cccc2-c2cccc(C#N)c2)c1. The van der Waals surface area contributed by atoms with Gasteiger partial charge >= 0.3 is 0 Å². The summed E-state index contributed by atoms with van der Waals surface area (Å²) in [6.45, 7) is 2.76. The Hall–Kier alpha value is -3.12. The zero-order valence-electron chi connectivity index (χ0n) is 14.7. The lowest BCUT2D eigenvalue weighted by molar-refractivity contribution is 0.309. The molecule has 0 aliphatic carbocycles. The second-order valence-corrected chi connectivity index (χ2v) is 6.08. The summed E-state index contributed by atoms with van der Waals surface area (Å²) in [5.41, 5.74) is 3.40. The average Bonchev–Trinajstić information content (AvgIpc) is 2.68. The third-order valence-corrected chi connectivity index (χ3v) is 4.21. The van der Waals surface area contributed by atoms with E-state index in [2.05, 4.69) is 13.0 Å². The molecule has 0 unspecified atom stereocenters. The van der Waals surface area contributed by atoms with E-state index < -0.39 is 0 Å². The monoisotopic (exact) mass is 345 g/mol. The lowest BCUT2D eigenvalue weighted by Gasteiger charge is -2.13. The molecule has 0 spiro atoms. The Balaban J connectivity index is 2.05. The summed E-state index contributed by atoms with van der Waals surface area (Å²) >= 11 is 0. The highest BCUT2D eigenvalue weighted by Gasteiger charge is 2.13. The van der Waals surface area contributed by atoms with E-state index in [-0.39, 0.29) is 5.82 Å². The van der Waals surface area contributed by atoms with Crippen molar-refractivity contribution in [2.24, 2.45) is 0 Å². The molecule has 3 aromatic rings. The molecule has 3 rings (SSSR count). The highest BCUT2D eigenvalue weighted by atomic mass is 19.1. The molecule has 0 atom stereocenters. The number of hydrogen-bond acceptors (Lipinski definition) is 2. The summed E-state index contributed by atoms with van der Waals surface area (Å²) in [7, 11) is 0. The molecule has 0 fully saturated rings. The second kappa shape index (κ2) is 8.31. The molecule has 0 aliphatic heterocycles. The number of halogens is 1. The van der Waals surface area contributed by atoms with Crippen LogP contribution in [0.25, 0.3) is 22.3 Å². The molecule has 130 valence electrons. The predicted molar refractivity (Wildman–Crippen MR) is 102 cm³/mol. The normalized spacial score (nSPS) is 10.3. The zero-order valence-corrected chi connectivity index (χ0v) is 14.7. The Kier molecular flexibility index (Phi) is 5.66. The van der Waals surface area contributed by atoms with Gasteiger partial charge in [-0.3, -0.25) is 0 Å². The van der Waals surface area contributed by atoms with Gasteiger partial charge in [0.15, 0.2) is 0 Å². The summed E-state index contributed by atoms with van der Waals surface area (Å²) in [5.74, 6) is 0.437. The van der Waals surface area contributed by atoms with E-state index >= 15 is 0 Å². The van der Waals surface area contributed by atoms with Crippen molar-refractivity contribution in [1.82, 2.24) is 0 Å². The van der Waals surface area contributed by atoms with Crippen LogP contribution in [0.15, 0.2) is 66.7 Å². The molecule has 2 nitrogen and oxygen atoms in total. The van der Waals surface area contributed by atoms with Gasteiger partial charge in [-0.1, -0.05) is 49.7 Å². The minimum Gasteiger partial charge on any atom is -0.494 e. The smallest absolute Gasteiger partial charge is 0.131 e. The van der Waals surface area contributed by atoms with Crippen molar-refractivity contribution in [3.63, 3.8) is 0 Å². The fraction of sp³-hybridized carbons (Fsp3) is 0.174. The molecule has 0 aromatic heterocycles. The van der Waals surface area contributed by atoms with Crippen molar-refractivity contribution in [3.8, 4) is 34.1 Å². The minimum atomic E-state index is -0.296. The van der Waals surface area contributed by atoms with Crippen LogP contribution in [-0.2, 0) is 0 Å². The van der Waals surface area contributed by atoms with Crippen LogP contribution in [0, 0.1) is 17.1 Å². The maximum atomic E-state index is 14.7. The van der Waals surface area contributed by atoms with Crippen LogP contribution in [0.4, 0.5) is 4.39 Å². The highest BCUT2D eigenvalue weighted by Crippen LogP contribution is 2.36. The zero-order chi connectivity index (χ0) is 18.4. The molecule has 0 heterocycles. The van der Waals surface area contributed by atoms with Crippen LogP contribution in [0.1, 0.15) is 25.3 Å². The van der Waals surface area contributed by atoms with Gasteiger partial charge in [0.1, 0.15) is 11.6 Å². The van der Waals surface area contributed by atoms with E-state index in [1.54, 1.807) is 18.2 Å². The number of ether oxygens (including phenoxy) is 1. The quantitative estimate of drug-likeness (QED) is 0.498. The highest BCUT2D eigenvalue weighted by molar-refractivity contribution is 5.84. The first kappa shape index (κ1) is 17.7. The fourth-order valence-electron chi connectivity index (χ4n) is 2.89. The van der Waals surface area contributed by atoms with Gasteiger partial charge in [-0.25, -0.2) is 4.39 Å². The van der Waals surface area contributed by atoms with Crippen molar-refractivity contribution in [2.45, 2.75) is 19.8 Å². The number of rotatable bonds is 6. The first-order valence-corrected chi connectivity index (χ1v) is 8.75. The third kappa shape index (κ3) is 3.92.